The molecule has 0 amide bonds. The summed E-state index contributed by atoms with van der Waals surface area (Å²) in [5.74, 6) is 1.70. The summed E-state index contributed by atoms with van der Waals surface area (Å²) in [6.07, 6.45) is 3.30. The molecular formula is C20H14N4O. The number of hydrogen-bond donors (Lipinski definition) is 0. The van der Waals surface area contributed by atoms with E-state index < -0.39 is 0 Å². The van der Waals surface area contributed by atoms with Crippen LogP contribution in [0.25, 0.3) is 22.8 Å². The maximum atomic E-state index is 5.78. The summed E-state index contributed by atoms with van der Waals surface area (Å²) in [5.41, 5.74) is 1.80. The van der Waals surface area contributed by atoms with E-state index in [1.165, 1.54) is 0 Å². The van der Waals surface area contributed by atoms with Crippen molar-refractivity contribution in [3.8, 4) is 34.5 Å². The number of nitrogens with zero attached hydrogens (tertiary/aromatic N) is 4. The Morgan fingerprint density at radius 1 is 0.600 bits per heavy atom. The Labute approximate surface area is 145 Å². The van der Waals surface area contributed by atoms with E-state index in [0.29, 0.717) is 17.4 Å². The summed E-state index contributed by atoms with van der Waals surface area (Å²) in [5, 5.41) is 0. The summed E-state index contributed by atoms with van der Waals surface area (Å²) in [6.45, 7) is 0. The van der Waals surface area contributed by atoms with Crippen LogP contribution in [0.4, 0.5) is 0 Å². The number of aromatic nitrogens is 4. The van der Waals surface area contributed by atoms with Crippen molar-refractivity contribution in [2.75, 3.05) is 0 Å². The predicted octanol–water partition coefficient (Wildman–Crippen LogP) is 4.39. The smallest absolute Gasteiger partial charge is 0.326 e. The maximum Gasteiger partial charge on any atom is 0.326 e. The largest absolute Gasteiger partial charge is 0.423 e. The number of pyridine rings is 1. The van der Waals surface area contributed by atoms with Crippen LogP contribution in [0.15, 0.2) is 85.2 Å². The fourth-order valence-corrected chi connectivity index (χ4v) is 2.35. The van der Waals surface area contributed by atoms with Crippen LogP contribution >= 0.6 is 0 Å². The molecule has 120 valence electrons. The van der Waals surface area contributed by atoms with E-state index in [0.717, 1.165) is 11.1 Å². The highest BCUT2D eigenvalue weighted by Gasteiger charge is 2.11. The summed E-state index contributed by atoms with van der Waals surface area (Å²) in [7, 11) is 0. The molecule has 0 spiro atoms. The predicted molar refractivity (Wildman–Crippen MR) is 95.0 cm³/mol. The van der Waals surface area contributed by atoms with Gasteiger partial charge < -0.3 is 4.74 Å². The Hall–Kier alpha value is -3.60. The average Bonchev–Trinajstić information content (AvgIpc) is 2.70. The van der Waals surface area contributed by atoms with Crippen molar-refractivity contribution in [1.82, 2.24) is 19.9 Å². The molecule has 5 heteroatoms. The molecule has 0 fully saturated rings. The Bertz CT molecular complexity index is 903. The van der Waals surface area contributed by atoms with Crippen LogP contribution in [-0.2, 0) is 0 Å². The minimum absolute atomic E-state index is 0.237. The minimum Gasteiger partial charge on any atom is -0.423 e. The van der Waals surface area contributed by atoms with Crippen molar-refractivity contribution in [3.05, 3.63) is 85.2 Å². The molecule has 0 atom stereocenters. The zero-order chi connectivity index (χ0) is 16.9. The van der Waals surface area contributed by atoms with Crippen molar-refractivity contribution < 1.29 is 4.74 Å². The zero-order valence-electron chi connectivity index (χ0n) is 13.3. The molecule has 5 nitrogen and oxygen atoms in total. The Balaban J connectivity index is 1.80. The second-order valence-electron chi connectivity index (χ2n) is 5.29. The van der Waals surface area contributed by atoms with Gasteiger partial charge in [0.25, 0.3) is 0 Å². The first-order valence-electron chi connectivity index (χ1n) is 7.83. The molecule has 0 unspecified atom stereocenters. The van der Waals surface area contributed by atoms with Crippen LogP contribution < -0.4 is 4.74 Å². The molecule has 4 aromatic rings. The normalized spacial score (nSPS) is 10.4. The van der Waals surface area contributed by atoms with Gasteiger partial charge in [-0.3, -0.25) is 4.98 Å². The van der Waals surface area contributed by atoms with Crippen molar-refractivity contribution in [1.29, 1.82) is 0 Å². The maximum absolute atomic E-state index is 5.78. The molecule has 0 saturated carbocycles. The van der Waals surface area contributed by atoms with Gasteiger partial charge in [-0.15, -0.1) is 0 Å². The monoisotopic (exact) mass is 326 g/mol. The average molecular weight is 326 g/mol. The van der Waals surface area contributed by atoms with Gasteiger partial charge in [0.1, 0.15) is 5.75 Å². The highest BCUT2D eigenvalue weighted by molar-refractivity contribution is 5.61. The van der Waals surface area contributed by atoms with E-state index >= 15 is 0 Å². The number of hydrogen-bond acceptors (Lipinski definition) is 5. The minimum atomic E-state index is 0.237. The van der Waals surface area contributed by atoms with Crippen molar-refractivity contribution in [3.63, 3.8) is 0 Å². The topological polar surface area (TPSA) is 60.8 Å². The van der Waals surface area contributed by atoms with E-state index in [1.54, 1.807) is 24.5 Å². The van der Waals surface area contributed by atoms with Crippen LogP contribution in [0.3, 0.4) is 0 Å². The fraction of sp³-hybridized carbons (Fsp3) is 0. The first kappa shape index (κ1) is 15.0. The van der Waals surface area contributed by atoms with Gasteiger partial charge in [0.05, 0.1) is 6.20 Å². The van der Waals surface area contributed by atoms with Gasteiger partial charge in [-0.05, 0) is 12.1 Å². The Morgan fingerprint density at radius 3 is 1.72 bits per heavy atom. The van der Waals surface area contributed by atoms with Crippen molar-refractivity contribution in [2.24, 2.45) is 0 Å². The van der Waals surface area contributed by atoms with Gasteiger partial charge >= 0.3 is 6.01 Å². The van der Waals surface area contributed by atoms with Gasteiger partial charge in [-0.1, -0.05) is 60.7 Å². The van der Waals surface area contributed by atoms with Crippen LogP contribution in [-0.4, -0.2) is 19.9 Å². The van der Waals surface area contributed by atoms with Gasteiger partial charge in [-0.2, -0.15) is 9.97 Å². The lowest BCUT2D eigenvalue weighted by Crippen LogP contribution is -2.00. The third-order valence-corrected chi connectivity index (χ3v) is 3.52. The molecule has 0 bridgehead atoms. The molecule has 2 aromatic carbocycles. The molecule has 2 heterocycles. The molecule has 0 N–H and O–H groups in total. The van der Waals surface area contributed by atoms with Gasteiger partial charge in [0, 0.05) is 17.3 Å². The van der Waals surface area contributed by atoms with Crippen LogP contribution in [0.5, 0.6) is 11.8 Å². The lowest BCUT2D eigenvalue weighted by Gasteiger charge is -2.08. The van der Waals surface area contributed by atoms with Crippen molar-refractivity contribution >= 4 is 0 Å². The molecule has 4 rings (SSSR count). The van der Waals surface area contributed by atoms with E-state index in [4.69, 9.17) is 4.74 Å². The van der Waals surface area contributed by atoms with Crippen LogP contribution in [0, 0.1) is 0 Å². The van der Waals surface area contributed by atoms with E-state index in [-0.39, 0.29) is 6.01 Å². The number of ether oxygens (including phenoxy) is 1. The second-order valence-corrected chi connectivity index (χ2v) is 5.29. The number of benzene rings is 2. The molecule has 0 saturated heterocycles. The molecular weight excluding hydrogens is 312 g/mol. The van der Waals surface area contributed by atoms with Crippen LogP contribution in [0.2, 0.25) is 0 Å². The summed E-state index contributed by atoms with van der Waals surface area (Å²) < 4.78 is 5.78. The highest BCUT2D eigenvalue weighted by Crippen LogP contribution is 2.24. The standard InChI is InChI=1S/C20H14N4O/c1-3-8-15(9-4-1)18-22-19(16-10-5-2-6-11-16)24-20(23-18)25-17-12-7-13-21-14-17/h1-14H. The molecule has 25 heavy (non-hydrogen) atoms. The molecule has 0 aliphatic heterocycles. The summed E-state index contributed by atoms with van der Waals surface area (Å²) in [6, 6.07) is 23.4. The summed E-state index contributed by atoms with van der Waals surface area (Å²) in [4.78, 5) is 17.5. The second kappa shape index (κ2) is 6.88. The third-order valence-electron chi connectivity index (χ3n) is 3.52. The molecule has 0 radical (unpaired) electrons. The van der Waals surface area contributed by atoms with Crippen LogP contribution in [0.1, 0.15) is 0 Å². The van der Waals surface area contributed by atoms with Gasteiger partial charge in [0.2, 0.25) is 0 Å². The molecule has 2 aromatic heterocycles. The van der Waals surface area contributed by atoms with Gasteiger partial charge in [-0.25, -0.2) is 4.98 Å². The molecule has 0 aliphatic rings. The Kier molecular flexibility index (Phi) is 4.12. The fourth-order valence-electron chi connectivity index (χ4n) is 2.35. The third kappa shape index (κ3) is 3.50. The van der Waals surface area contributed by atoms with Crippen molar-refractivity contribution in [2.45, 2.75) is 0 Å². The lowest BCUT2D eigenvalue weighted by molar-refractivity contribution is 0.439. The van der Waals surface area contributed by atoms with Gasteiger partial charge in [0.15, 0.2) is 11.6 Å². The first-order valence-corrected chi connectivity index (χ1v) is 7.83. The summed E-state index contributed by atoms with van der Waals surface area (Å²) >= 11 is 0. The number of rotatable bonds is 4. The van der Waals surface area contributed by atoms with E-state index in [9.17, 15) is 0 Å². The first-order chi connectivity index (χ1) is 12.4. The zero-order valence-corrected chi connectivity index (χ0v) is 13.3. The lowest BCUT2D eigenvalue weighted by atomic mass is 10.2. The molecule has 0 aliphatic carbocycles. The highest BCUT2D eigenvalue weighted by atomic mass is 16.5. The van der Waals surface area contributed by atoms with E-state index in [2.05, 4.69) is 19.9 Å². The quantitative estimate of drug-likeness (QED) is 0.556. The SMILES string of the molecule is c1ccc(-c2nc(Oc3cccnc3)nc(-c3ccccc3)n2)cc1. The van der Waals surface area contributed by atoms with E-state index in [1.807, 2.05) is 60.7 Å². The Morgan fingerprint density at radius 2 is 1.20 bits per heavy atom.